The summed E-state index contributed by atoms with van der Waals surface area (Å²) >= 11 is 4.18. The zero-order valence-electron chi connectivity index (χ0n) is 12.2. The highest BCUT2D eigenvalue weighted by molar-refractivity contribution is 7.99. The maximum atomic E-state index is 4.94. The Morgan fingerprint density at radius 2 is 2.00 bits per heavy atom. The molecule has 0 aliphatic carbocycles. The van der Waals surface area contributed by atoms with Gasteiger partial charge in [-0.2, -0.15) is 23.5 Å². The lowest BCUT2D eigenvalue weighted by Gasteiger charge is -2.25. The van der Waals surface area contributed by atoms with Gasteiger partial charge in [0.1, 0.15) is 11.3 Å². The highest BCUT2D eigenvalue weighted by atomic mass is 32.2. The highest BCUT2D eigenvalue weighted by Crippen LogP contribution is 2.33. The third-order valence-electron chi connectivity index (χ3n) is 4.57. The summed E-state index contributed by atoms with van der Waals surface area (Å²) in [6, 6.07) is 4.73. The first-order valence-corrected chi connectivity index (χ1v) is 10.2. The van der Waals surface area contributed by atoms with Gasteiger partial charge in [0.15, 0.2) is 5.65 Å². The molecule has 5 heteroatoms. The Bertz CT molecular complexity index is 613. The van der Waals surface area contributed by atoms with Crippen molar-refractivity contribution < 1.29 is 0 Å². The van der Waals surface area contributed by atoms with Gasteiger partial charge in [-0.15, -0.1) is 0 Å². The van der Waals surface area contributed by atoms with Crippen molar-refractivity contribution in [1.82, 2.24) is 14.5 Å². The van der Waals surface area contributed by atoms with Crippen molar-refractivity contribution in [3.8, 4) is 0 Å². The number of hydrogen-bond acceptors (Lipinski definition) is 4. The predicted molar refractivity (Wildman–Crippen MR) is 92.3 cm³/mol. The first-order chi connectivity index (χ1) is 10.4. The van der Waals surface area contributed by atoms with Crippen LogP contribution in [0.15, 0.2) is 18.3 Å². The number of thioether (sulfide) groups is 2. The summed E-state index contributed by atoms with van der Waals surface area (Å²) in [6.45, 7) is 0. The average molecular weight is 319 g/mol. The van der Waals surface area contributed by atoms with Gasteiger partial charge in [-0.1, -0.05) is 0 Å². The second-order valence-electron chi connectivity index (χ2n) is 6.02. The van der Waals surface area contributed by atoms with Crippen LogP contribution in [0.25, 0.3) is 11.2 Å². The van der Waals surface area contributed by atoms with Crippen LogP contribution in [0.2, 0.25) is 0 Å². The van der Waals surface area contributed by atoms with E-state index in [1.165, 1.54) is 48.1 Å². The van der Waals surface area contributed by atoms with E-state index in [9.17, 15) is 0 Å². The quantitative estimate of drug-likeness (QED) is 0.861. The van der Waals surface area contributed by atoms with Crippen molar-refractivity contribution in [3.63, 3.8) is 0 Å². The molecule has 0 N–H and O–H groups in total. The maximum Gasteiger partial charge on any atom is 0.160 e. The number of rotatable bonds is 3. The van der Waals surface area contributed by atoms with Crippen LogP contribution in [-0.2, 0) is 6.42 Å². The Morgan fingerprint density at radius 1 is 1.14 bits per heavy atom. The van der Waals surface area contributed by atoms with Crippen LogP contribution < -0.4 is 0 Å². The standard InChI is InChI=1S/C16H21N3S2/c1-2-14-16(17-6-1)19(13-4-8-20-9-5-13)15(18-14)10-12-3-7-21-11-12/h1-2,6,12-13H,3-5,7-11H2. The maximum absolute atomic E-state index is 4.94. The van der Waals surface area contributed by atoms with Crippen molar-refractivity contribution in [3.05, 3.63) is 24.2 Å². The van der Waals surface area contributed by atoms with Crippen LogP contribution >= 0.6 is 23.5 Å². The van der Waals surface area contributed by atoms with Crippen LogP contribution in [-0.4, -0.2) is 37.5 Å². The van der Waals surface area contributed by atoms with E-state index >= 15 is 0 Å². The highest BCUT2D eigenvalue weighted by Gasteiger charge is 2.25. The fraction of sp³-hybridized carbons (Fsp3) is 0.625. The van der Waals surface area contributed by atoms with Crippen molar-refractivity contribution in [2.24, 2.45) is 5.92 Å². The molecule has 1 unspecified atom stereocenters. The van der Waals surface area contributed by atoms with Gasteiger partial charge in [-0.05, 0) is 60.3 Å². The lowest BCUT2D eigenvalue weighted by Crippen LogP contribution is -2.19. The first kappa shape index (κ1) is 13.9. The Morgan fingerprint density at radius 3 is 2.81 bits per heavy atom. The number of fused-ring (bicyclic) bond motifs is 1. The molecule has 0 aromatic carbocycles. The summed E-state index contributed by atoms with van der Waals surface area (Å²) in [7, 11) is 0. The minimum Gasteiger partial charge on any atom is -0.310 e. The fourth-order valence-electron chi connectivity index (χ4n) is 3.45. The summed E-state index contributed by atoms with van der Waals surface area (Å²) in [6.07, 6.45) is 6.92. The van der Waals surface area contributed by atoms with Crippen LogP contribution in [0.3, 0.4) is 0 Å². The van der Waals surface area contributed by atoms with Crippen molar-refractivity contribution in [2.75, 3.05) is 23.0 Å². The largest absolute Gasteiger partial charge is 0.310 e. The molecular formula is C16H21N3S2. The molecule has 0 spiro atoms. The molecule has 4 rings (SSSR count). The van der Waals surface area contributed by atoms with Crippen LogP contribution in [0, 0.1) is 5.92 Å². The van der Waals surface area contributed by atoms with Gasteiger partial charge in [0, 0.05) is 18.7 Å². The molecule has 112 valence electrons. The van der Waals surface area contributed by atoms with Crippen LogP contribution in [0.1, 0.15) is 31.1 Å². The third kappa shape index (κ3) is 2.82. The van der Waals surface area contributed by atoms with E-state index in [1.54, 1.807) is 0 Å². The predicted octanol–water partition coefficient (Wildman–Crippen LogP) is 3.80. The van der Waals surface area contributed by atoms with Gasteiger partial charge < -0.3 is 4.57 Å². The van der Waals surface area contributed by atoms with E-state index in [1.807, 2.05) is 12.3 Å². The van der Waals surface area contributed by atoms with Gasteiger partial charge in [0.05, 0.1) is 0 Å². The smallest absolute Gasteiger partial charge is 0.160 e. The van der Waals surface area contributed by atoms with E-state index in [0.717, 1.165) is 23.5 Å². The zero-order chi connectivity index (χ0) is 14.1. The Balaban J connectivity index is 1.72. The number of hydrogen-bond donors (Lipinski definition) is 0. The molecule has 3 nitrogen and oxygen atoms in total. The topological polar surface area (TPSA) is 30.7 Å². The second-order valence-corrected chi connectivity index (χ2v) is 8.40. The Kier molecular flexibility index (Phi) is 4.12. The fourth-order valence-corrected chi connectivity index (χ4v) is 5.82. The number of nitrogens with zero attached hydrogens (tertiary/aromatic N) is 3. The van der Waals surface area contributed by atoms with E-state index in [-0.39, 0.29) is 0 Å². The SMILES string of the molecule is c1cnc2c(c1)nc(CC1CCSC1)n2C1CCSCC1. The summed E-state index contributed by atoms with van der Waals surface area (Å²) in [5, 5.41) is 0. The van der Waals surface area contributed by atoms with Gasteiger partial charge in [0.2, 0.25) is 0 Å². The van der Waals surface area contributed by atoms with E-state index in [0.29, 0.717) is 6.04 Å². The number of imidazole rings is 1. The van der Waals surface area contributed by atoms with Gasteiger partial charge in [-0.25, -0.2) is 9.97 Å². The first-order valence-electron chi connectivity index (χ1n) is 7.89. The van der Waals surface area contributed by atoms with E-state index < -0.39 is 0 Å². The second kappa shape index (κ2) is 6.21. The van der Waals surface area contributed by atoms with Crippen molar-refractivity contribution >= 4 is 34.7 Å². The number of pyridine rings is 1. The number of aromatic nitrogens is 3. The molecule has 0 bridgehead atoms. The normalized spacial score (nSPS) is 23.9. The molecule has 2 fully saturated rings. The zero-order valence-corrected chi connectivity index (χ0v) is 13.8. The minimum absolute atomic E-state index is 0.607. The van der Waals surface area contributed by atoms with Crippen LogP contribution in [0.5, 0.6) is 0 Å². The minimum atomic E-state index is 0.607. The van der Waals surface area contributed by atoms with Gasteiger partial charge in [0.25, 0.3) is 0 Å². The molecule has 2 aliphatic rings. The monoisotopic (exact) mass is 319 g/mol. The molecule has 2 saturated heterocycles. The lowest BCUT2D eigenvalue weighted by molar-refractivity contribution is 0.446. The van der Waals surface area contributed by atoms with Gasteiger partial charge in [-0.3, -0.25) is 0 Å². The van der Waals surface area contributed by atoms with Gasteiger partial charge >= 0.3 is 0 Å². The summed E-state index contributed by atoms with van der Waals surface area (Å²) in [5.41, 5.74) is 2.19. The average Bonchev–Trinajstić information content (AvgIpc) is 3.15. The molecule has 0 radical (unpaired) electrons. The molecular weight excluding hydrogens is 298 g/mol. The third-order valence-corrected chi connectivity index (χ3v) is 6.85. The molecule has 2 aliphatic heterocycles. The molecule has 4 heterocycles. The lowest BCUT2D eigenvalue weighted by atomic mass is 10.0. The van der Waals surface area contributed by atoms with E-state index in [4.69, 9.17) is 4.98 Å². The Hall–Kier alpha value is -0.680. The summed E-state index contributed by atoms with van der Waals surface area (Å²) in [4.78, 5) is 9.58. The molecule has 2 aromatic rings. The van der Waals surface area contributed by atoms with Crippen molar-refractivity contribution in [1.29, 1.82) is 0 Å². The molecule has 0 saturated carbocycles. The van der Waals surface area contributed by atoms with Crippen LogP contribution in [0.4, 0.5) is 0 Å². The van der Waals surface area contributed by atoms with E-state index in [2.05, 4.69) is 39.1 Å². The molecule has 1 atom stereocenters. The summed E-state index contributed by atoms with van der Waals surface area (Å²) in [5.74, 6) is 7.27. The van der Waals surface area contributed by atoms with Crippen molar-refractivity contribution in [2.45, 2.75) is 31.7 Å². The summed E-state index contributed by atoms with van der Waals surface area (Å²) < 4.78 is 2.48. The molecule has 21 heavy (non-hydrogen) atoms. The molecule has 0 amide bonds. The Labute approximate surface area is 134 Å². The molecule has 2 aromatic heterocycles.